The monoisotopic (exact) mass is 227 g/mol. The topological polar surface area (TPSA) is 37.8 Å². The molecule has 88 valence electrons. The molecule has 0 aliphatic rings. The van der Waals surface area contributed by atoms with E-state index in [0.29, 0.717) is 5.95 Å². The van der Waals surface area contributed by atoms with Crippen LogP contribution in [0.25, 0.3) is 11.3 Å². The van der Waals surface area contributed by atoms with Crippen LogP contribution in [0.15, 0.2) is 24.4 Å². The number of rotatable bonds is 2. The molecule has 3 heteroatoms. The number of hydrogen-bond acceptors (Lipinski definition) is 3. The van der Waals surface area contributed by atoms with Crippen LogP contribution in [-0.4, -0.2) is 17.0 Å². The number of nitrogens with zero attached hydrogens (tertiary/aromatic N) is 2. The summed E-state index contributed by atoms with van der Waals surface area (Å²) < 4.78 is 0. The first-order valence-electron chi connectivity index (χ1n) is 5.71. The Kier molecular flexibility index (Phi) is 3.09. The lowest BCUT2D eigenvalue weighted by Crippen LogP contribution is -2.00. The van der Waals surface area contributed by atoms with Crippen molar-refractivity contribution >= 4 is 5.95 Å². The molecule has 0 saturated heterocycles. The number of aromatic nitrogens is 2. The van der Waals surface area contributed by atoms with Crippen LogP contribution in [-0.2, 0) is 0 Å². The van der Waals surface area contributed by atoms with Crippen LogP contribution in [0.1, 0.15) is 16.7 Å². The SMILES string of the molecule is CNc1ncc(C)c(-c2cccc(C)c2C)n1. The van der Waals surface area contributed by atoms with Gasteiger partial charge in [0.1, 0.15) is 0 Å². The molecule has 1 heterocycles. The largest absolute Gasteiger partial charge is 0.357 e. The average molecular weight is 227 g/mol. The van der Waals surface area contributed by atoms with Crippen molar-refractivity contribution in [3.05, 3.63) is 41.1 Å². The molecule has 0 saturated carbocycles. The fourth-order valence-corrected chi connectivity index (χ4v) is 1.84. The first-order valence-corrected chi connectivity index (χ1v) is 5.71. The molecule has 2 aromatic rings. The van der Waals surface area contributed by atoms with Crippen molar-refractivity contribution in [3.8, 4) is 11.3 Å². The second-order valence-corrected chi connectivity index (χ2v) is 4.22. The second kappa shape index (κ2) is 4.53. The van der Waals surface area contributed by atoms with E-state index in [-0.39, 0.29) is 0 Å². The summed E-state index contributed by atoms with van der Waals surface area (Å²) in [5.41, 5.74) is 5.84. The van der Waals surface area contributed by atoms with Crippen molar-refractivity contribution in [1.29, 1.82) is 0 Å². The van der Waals surface area contributed by atoms with Crippen LogP contribution in [0.3, 0.4) is 0 Å². The molecule has 1 N–H and O–H groups in total. The van der Waals surface area contributed by atoms with E-state index in [9.17, 15) is 0 Å². The summed E-state index contributed by atoms with van der Waals surface area (Å²) in [5, 5.41) is 2.98. The van der Waals surface area contributed by atoms with Gasteiger partial charge in [0, 0.05) is 18.8 Å². The van der Waals surface area contributed by atoms with Crippen LogP contribution in [0.4, 0.5) is 5.95 Å². The zero-order valence-corrected chi connectivity index (χ0v) is 10.7. The van der Waals surface area contributed by atoms with Gasteiger partial charge in [0.25, 0.3) is 0 Å². The van der Waals surface area contributed by atoms with Crippen LogP contribution in [0, 0.1) is 20.8 Å². The summed E-state index contributed by atoms with van der Waals surface area (Å²) in [6.07, 6.45) is 1.86. The van der Waals surface area contributed by atoms with E-state index in [2.05, 4.69) is 47.3 Å². The molecule has 1 aromatic carbocycles. The lowest BCUT2D eigenvalue weighted by atomic mass is 9.99. The molecule has 0 radical (unpaired) electrons. The third-order valence-corrected chi connectivity index (χ3v) is 3.06. The third-order valence-electron chi connectivity index (χ3n) is 3.06. The van der Waals surface area contributed by atoms with E-state index < -0.39 is 0 Å². The zero-order chi connectivity index (χ0) is 12.4. The van der Waals surface area contributed by atoms with Crippen LogP contribution >= 0.6 is 0 Å². The maximum atomic E-state index is 4.54. The quantitative estimate of drug-likeness (QED) is 0.856. The number of benzene rings is 1. The number of aryl methyl sites for hydroxylation is 2. The summed E-state index contributed by atoms with van der Waals surface area (Å²) in [5.74, 6) is 0.659. The van der Waals surface area contributed by atoms with Gasteiger partial charge in [-0.1, -0.05) is 18.2 Å². The zero-order valence-electron chi connectivity index (χ0n) is 10.7. The summed E-state index contributed by atoms with van der Waals surface area (Å²) in [7, 11) is 1.83. The standard InChI is InChI=1S/C14H17N3/c1-9-6-5-7-12(11(9)3)13-10(2)8-16-14(15-4)17-13/h5-8H,1-4H3,(H,15,16,17). The first kappa shape index (κ1) is 11.6. The molecular weight excluding hydrogens is 210 g/mol. The van der Waals surface area contributed by atoms with Crippen molar-refractivity contribution in [2.45, 2.75) is 20.8 Å². The van der Waals surface area contributed by atoms with Gasteiger partial charge in [-0.15, -0.1) is 0 Å². The molecule has 0 atom stereocenters. The maximum Gasteiger partial charge on any atom is 0.222 e. The first-order chi connectivity index (χ1) is 8.13. The summed E-state index contributed by atoms with van der Waals surface area (Å²) in [6.45, 7) is 6.29. The predicted molar refractivity (Wildman–Crippen MR) is 71.2 cm³/mol. The Balaban J connectivity index is 2.63. The van der Waals surface area contributed by atoms with Gasteiger partial charge in [0.15, 0.2) is 0 Å². The van der Waals surface area contributed by atoms with Crippen LogP contribution in [0.5, 0.6) is 0 Å². The van der Waals surface area contributed by atoms with E-state index in [0.717, 1.165) is 11.3 Å². The molecule has 0 fully saturated rings. The van der Waals surface area contributed by atoms with Gasteiger partial charge < -0.3 is 5.32 Å². The predicted octanol–water partition coefficient (Wildman–Crippen LogP) is 3.11. The van der Waals surface area contributed by atoms with Crippen molar-refractivity contribution < 1.29 is 0 Å². The van der Waals surface area contributed by atoms with Crippen molar-refractivity contribution in [2.75, 3.05) is 12.4 Å². The van der Waals surface area contributed by atoms with Gasteiger partial charge in [0.05, 0.1) is 5.69 Å². The minimum absolute atomic E-state index is 0.659. The molecule has 2 rings (SSSR count). The highest BCUT2D eigenvalue weighted by Gasteiger charge is 2.09. The number of anilines is 1. The molecule has 0 amide bonds. The molecule has 17 heavy (non-hydrogen) atoms. The van der Waals surface area contributed by atoms with Crippen LogP contribution in [0.2, 0.25) is 0 Å². The number of nitrogens with one attached hydrogen (secondary N) is 1. The Labute approximate surface area is 102 Å². The summed E-state index contributed by atoms with van der Waals surface area (Å²) in [6, 6.07) is 6.30. The molecule has 3 nitrogen and oxygen atoms in total. The van der Waals surface area contributed by atoms with Gasteiger partial charge in [-0.2, -0.15) is 0 Å². The van der Waals surface area contributed by atoms with E-state index >= 15 is 0 Å². The molecule has 1 aromatic heterocycles. The molecule has 0 bridgehead atoms. The Morgan fingerprint density at radius 3 is 2.53 bits per heavy atom. The molecule has 0 aliphatic heterocycles. The van der Waals surface area contributed by atoms with Gasteiger partial charge >= 0.3 is 0 Å². The minimum Gasteiger partial charge on any atom is -0.357 e. The fourth-order valence-electron chi connectivity index (χ4n) is 1.84. The van der Waals surface area contributed by atoms with E-state index in [1.54, 1.807) is 0 Å². The highest BCUT2D eigenvalue weighted by molar-refractivity contribution is 5.68. The molecular formula is C14H17N3. The third kappa shape index (κ3) is 2.13. The Morgan fingerprint density at radius 1 is 1.06 bits per heavy atom. The van der Waals surface area contributed by atoms with Crippen molar-refractivity contribution in [2.24, 2.45) is 0 Å². The van der Waals surface area contributed by atoms with Crippen molar-refractivity contribution in [1.82, 2.24) is 9.97 Å². The normalized spacial score (nSPS) is 10.4. The van der Waals surface area contributed by atoms with Gasteiger partial charge in [0.2, 0.25) is 5.95 Å². The lowest BCUT2D eigenvalue weighted by Gasteiger charge is -2.11. The molecule has 0 aliphatic carbocycles. The van der Waals surface area contributed by atoms with E-state index in [4.69, 9.17) is 0 Å². The summed E-state index contributed by atoms with van der Waals surface area (Å²) in [4.78, 5) is 8.75. The van der Waals surface area contributed by atoms with Gasteiger partial charge in [-0.05, 0) is 37.5 Å². The molecule has 0 unspecified atom stereocenters. The Bertz CT molecular complexity index is 547. The Hall–Kier alpha value is -1.90. The van der Waals surface area contributed by atoms with E-state index in [1.165, 1.54) is 16.7 Å². The van der Waals surface area contributed by atoms with Crippen LogP contribution < -0.4 is 5.32 Å². The minimum atomic E-state index is 0.659. The van der Waals surface area contributed by atoms with Gasteiger partial charge in [-0.3, -0.25) is 0 Å². The smallest absolute Gasteiger partial charge is 0.222 e. The fraction of sp³-hybridized carbons (Fsp3) is 0.286. The van der Waals surface area contributed by atoms with Crippen molar-refractivity contribution in [3.63, 3.8) is 0 Å². The van der Waals surface area contributed by atoms with Gasteiger partial charge in [-0.25, -0.2) is 9.97 Å². The highest BCUT2D eigenvalue weighted by Crippen LogP contribution is 2.26. The lowest BCUT2D eigenvalue weighted by molar-refractivity contribution is 1.12. The number of hydrogen-bond donors (Lipinski definition) is 1. The maximum absolute atomic E-state index is 4.54. The highest BCUT2D eigenvalue weighted by atomic mass is 15.1. The Morgan fingerprint density at radius 2 is 1.82 bits per heavy atom. The van der Waals surface area contributed by atoms with E-state index in [1.807, 2.05) is 20.2 Å². The second-order valence-electron chi connectivity index (χ2n) is 4.22. The average Bonchev–Trinajstić information content (AvgIpc) is 2.34. The molecule has 0 spiro atoms. The summed E-state index contributed by atoms with van der Waals surface area (Å²) >= 11 is 0.